The van der Waals surface area contributed by atoms with E-state index in [9.17, 15) is 4.39 Å². The second kappa shape index (κ2) is 5.56. The fourth-order valence-electron chi connectivity index (χ4n) is 1.40. The number of halogens is 2. The Morgan fingerprint density at radius 1 is 1.18 bits per heavy atom. The van der Waals surface area contributed by atoms with Gasteiger partial charge in [0.05, 0.1) is 4.47 Å². The van der Waals surface area contributed by atoms with E-state index in [1.54, 1.807) is 23.9 Å². The molecular weight excluding hydrogens is 301 g/mol. The summed E-state index contributed by atoms with van der Waals surface area (Å²) in [6.07, 6.45) is 0. The van der Waals surface area contributed by atoms with Crippen molar-refractivity contribution >= 4 is 33.4 Å². The molecule has 0 aliphatic rings. The topological polar surface area (TPSA) is 26.0 Å². The minimum absolute atomic E-state index is 0.234. The van der Waals surface area contributed by atoms with E-state index in [-0.39, 0.29) is 5.82 Å². The van der Waals surface area contributed by atoms with Gasteiger partial charge in [0, 0.05) is 16.3 Å². The molecule has 0 saturated carbocycles. The maximum Gasteiger partial charge on any atom is 0.137 e. The van der Waals surface area contributed by atoms with Crippen LogP contribution in [0.15, 0.2) is 51.8 Å². The van der Waals surface area contributed by atoms with Crippen molar-refractivity contribution in [2.24, 2.45) is 0 Å². The number of nitrogens with two attached hydrogens (primary N) is 1. The molecule has 0 amide bonds. The van der Waals surface area contributed by atoms with Gasteiger partial charge in [0.1, 0.15) is 5.82 Å². The number of nitrogen functional groups attached to an aromatic ring is 1. The van der Waals surface area contributed by atoms with Crippen LogP contribution in [-0.2, 0) is 5.75 Å². The molecule has 0 aliphatic carbocycles. The smallest absolute Gasteiger partial charge is 0.137 e. The summed E-state index contributed by atoms with van der Waals surface area (Å²) in [7, 11) is 0. The van der Waals surface area contributed by atoms with Gasteiger partial charge in [-0.25, -0.2) is 4.39 Å². The highest BCUT2D eigenvalue weighted by Crippen LogP contribution is 2.26. The zero-order chi connectivity index (χ0) is 12.3. The number of anilines is 1. The van der Waals surface area contributed by atoms with E-state index < -0.39 is 0 Å². The highest BCUT2D eigenvalue weighted by molar-refractivity contribution is 9.10. The minimum atomic E-state index is -0.234. The van der Waals surface area contributed by atoms with Crippen LogP contribution in [0.25, 0.3) is 0 Å². The van der Waals surface area contributed by atoms with Crippen molar-refractivity contribution in [2.75, 3.05) is 5.73 Å². The van der Waals surface area contributed by atoms with E-state index in [1.165, 1.54) is 6.07 Å². The molecule has 0 unspecified atom stereocenters. The third-order valence-corrected chi connectivity index (χ3v) is 3.92. The molecule has 17 heavy (non-hydrogen) atoms. The molecule has 0 aliphatic heterocycles. The normalized spacial score (nSPS) is 10.5. The van der Waals surface area contributed by atoms with Gasteiger partial charge < -0.3 is 5.73 Å². The van der Waals surface area contributed by atoms with Gasteiger partial charge in [-0.15, -0.1) is 11.8 Å². The molecule has 2 N–H and O–H groups in total. The lowest BCUT2D eigenvalue weighted by Crippen LogP contribution is -1.86. The lowest BCUT2D eigenvalue weighted by atomic mass is 10.2. The first-order valence-corrected chi connectivity index (χ1v) is 6.85. The van der Waals surface area contributed by atoms with Crippen molar-refractivity contribution in [3.63, 3.8) is 0 Å². The zero-order valence-corrected chi connectivity index (χ0v) is 11.4. The first-order valence-electron chi connectivity index (χ1n) is 5.07. The molecule has 4 heteroatoms. The molecule has 2 aromatic carbocycles. The van der Waals surface area contributed by atoms with Crippen LogP contribution in [0.1, 0.15) is 5.56 Å². The third kappa shape index (κ3) is 3.48. The lowest BCUT2D eigenvalue weighted by Gasteiger charge is -2.04. The predicted molar refractivity (Wildman–Crippen MR) is 74.5 cm³/mol. The number of hydrogen-bond acceptors (Lipinski definition) is 2. The quantitative estimate of drug-likeness (QED) is 0.669. The van der Waals surface area contributed by atoms with Crippen molar-refractivity contribution in [2.45, 2.75) is 10.6 Å². The number of thioether (sulfide) groups is 1. The average Bonchev–Trinajstić information content (AvgIpc) is 2.31. The predicted octanol–water partition coefficient (Wildman–Crippen LogP) is 4.46. The van der Waals surface area contributed by atoms with Crippen LogP contribution < -0.4 is 5.73 Å². The summed E-state index contributed by atoms with van der Waals surface area (Å²) in [4.78, 5) is 1.12. The first kappa shape index (κ1) is 12.5. The molecule has 0 radical (unpaired) electrons. The van der Waals surface area contributed by atoms with Gasteiger partial charge in [0.25, 0.3) is 0 Å². The van der Waals surface area contributed by atoms with Crippen molar-refractivity contribution in [3.05, 3.63) is 58.3 Å². The third-order valence-electron chi connectivity index (χ3n) is 2.25. The van der Waals surface area contributed by atoms with Gasteiger partial charge in [0.15, 0.2) is 0 Å². The number of benzene rings is 2. The fourth-order valence-corrected chi connectivity index (χ4v) is 2.73. The molecular formula is C13H11BrFNS. The maximum absolute atomic E-state index is 13.0. The molecule has 2 rings (SSSR count). The lowest BCUT2D eigenvalue weighted by molar-refractivity contribution is 0.620. The van der Waals surface area contributed by atoms with E-state index in [4.69, 9.17) is 5.73 Å². The van der Waals surface area contributed by atoms with Gasteiger partial charge in [-0.3, -0.25) is 0 Å². The number of hydrogen-bond donors (Lipinski definition) is 1. The van der Waals surface area contributed by atoms with Crippen molar-refractivity contribution in [1.29, 1.82) is 0 Å². The summed E-state index contributed by atoms with van der Waals surface area (Å²) in [5.74, 6) is 0.560. The fraction of sp³-hybridized carbons (Fsp3) is 0.0769. The van der Waals surface area contributed by atoms with E-state index >= 15 is 0 Å². The molecule has 2 aromatic rings. The summed E-state index contributed by atoms with van der Waals surface area (Å²) in [6, 6.07) is 12.8. The number of rotatable bonds is 3. The van der Waals surface area contributed by atoms with Crippen LogP contribution >= 0.6 is 27.7 Å². The highest BCUT2D eigenvalue weighted by atomic mass is 79.9. The Labute approximate surface area is 112 Å². The van der Waals surface area contributed by atoms with Crippen LogP contribution in [0.3, 0.4) is 0 Å². The Balaban J connectivity index is 2.05. The summed E-state index contributed by atoms with van der Waals surface area (Å²) >= 11 is 4.86. The molecule has 0 atom stereocenters. The Bertz CT molecular complexity index is 531. The van der Waals surface area contributed by atoms with Crippen molar-refractivity contribution < 1.29 is 4.39 Å². The molecule has 0 aromatic heterocycles. The summed E-state index contributed by atoms with van der Waals surface area (Å²) in [5.41, 5.74) is 7.54. The molecule has 0 fully saturated rings. The van der Waals surface area contributed by atoms with E-state index in [0.717, 1.165) is 21.9 Å². The van der Waals surface area contributed by atoms with Crippen LogP contribution in [0.4, 0.5) is 10.1 Å². The summed E-state index contributed by atoms with van der Waals surface area (Å²) < 4.78 is 13.5. The molecule has 88 valence electrons. The van der Waals surface area contributed by atoms with Gasteiger partial charge in [-0.05, 0) is 51.8 Å². The second-order valence-electron chi connectivity index (χ2n) is 3.61. The van der Waals surface area contributed by atoms with Crippen molar-refractivity contribution in [3.8, 4) is 0 Å². The monoisotopic (exact) mass is 311 g/mol. The maximum atomic E-state index is 13.0. The van der Waals surface area contributed by atoms with E-state index in [1.807, 2.05) is 24.3 Å². The molecule has 0 bridgehead atoms. The first-order chi connectivity index (χ1) is 8.15. The summed E-state index contributed by atoms with van der Waals surface area (Å²) in [6.45, 7) is 0. The Morgan fingerprint density at radius 3 is 2.71 bits per heavy atom. The Morgan fingerprint density at radius 2 is 2.00 bits per heavy atom. The molecule has 1 nitrogen and oxygen atoms in total. The van der Waals surface area contributed by atoms with Crippen LogP contribution in [-0.4, -0.2) is 0 Å². The average molecular weight is 312 g/mol. The highest BCUT2D eigenvalue weighted by Gasteiger charge is 2.01. The van der Waals surface area contributed by atoms with Crippen LogP contribution in [0.2, 0.25) is 0 Å². The van der Waals surface area contributed by atoms with Gasteiger partial charge in [0.2, 0.25) is 0 Å². The van der Waals surface area contributed by atoms with Gasteiger partial charge >= 0.3 is 0 Å². The van der Waals surface area contributed by atoms with Crippen molar-refractivity contribution in [1.82, 2.24) is 0 Å². The van der Waals surface area contributed by atoms with Crippen LogP contribution in [0, 0.1) is 5.82 Å². The molecule has 0 spiro atoms. The van der Waals surface area contributed by atoms with Gasteiger partial charge in [-0.2, -0.15) is 0 Å². The second-order valence-corrected chi connectivity index (χ2v) is 5.51. The standard InChI is InChI=1S/C13H11BrFNS/c14-12-6-9(4-5-13(12)15)8-17-11-3-1-2-10(16)7-11/h1-7H,8,16H2. The van der Waals surface area contributed by atoms with Gasteiger partial charge in [-0.1, -0.05) is 12.1 Å². The Kier molecular flexibility index (Phi) is 4.07. The summed E-state index contributed by atoms with van der Waals surface area (Å²) in [5, 5.41) is 0. The van der Waals surface area contributed by atoms with Crippen LogP contribution in [0.5, 0.6) is 0 Å². The zero-order valence-electron chi connectivity index (χ0n) is 8.99. The van der Waals surface area contributed by atoms with E-state index in [0.29, 0.717) is 4.47 Å². The largest absolute Gasteiger partial charge is 0.399 e. The Hall–Kier alpha value is -1.00. The molecule has 0 heterocycles. The van der Waals surface area contributed by atoms with E-state index in [2.05, 4.69) is 15.9 Å². The minimum Gasteiger partial charge on any atom is -0.399 e. The SMILES string of the molecule is Nc1cccc(SCc2ccc(F)c(Br)c2)c1. The molecule has 0 saturated heterocycles.